The van der Waals surface area contributed by atoms with Crippen LogP contribution in [-0.4, -0.2) is 103 Å². The predicted octanol–water partition coefficient (Wildman–Crippen LogP) is 2.84. The molecule has 2 unspecified atom stereocenters. The Balaban J connectivity index is 0.825. The standard InChI is InChI=1S/C36H56FN7O4/c37-27-22-28(23-38)44(26-27)30(46)25-42-36-15-9-34(10-16-36,11-17-36)32(48)40-19-3-1-2-18-39-31(47)33-6-12-35(13-7-33,14-8-33)41-24-29(45)43-20-4-5-21-43/h27-28,41-42H,1-22,24-26H2,(H,39,47)(H,40,48). The lowest BCUT2D eigenvalue weighted by molar-refractivity contribution is -0.139. The van der Waals surface area contributed by atoms with E-state index in [1.807, 2.05) is 11.0 Å². The Labute approximate surface area is 284 Å². The number of unbranched alkanes of at least 4 members (excludes halogenated alkanes) is 2. The molecule has 4 N–H and O–H groups in total. The number of amides is 4. The number of rotatable bonds is 14. The fourth-order valence-electron chi connectivity index (χ4n) is 9.68. The molecule has 11 nitrogen and oxygen atoms in total. The van der Waals surface area contributed by atoms with Gasteiger partial charge in [-0.2, -0.15) is 5.26 Å². The summed E-state index contributed by atoms with van der Waals surface area (Å²) in [4.78, 5) is 55.1. The summed E-state index contributed by atoms with van der Waals surface area (Å²) in [6.45, 7) is 3.58. The van der Waals surface area contributed by atoms with Crippen LogP contribution in [0.3, 0.4) is 0 Å². The molecular formula is C36H56FN7O4. The van der Waals surface area contributed by atoms with Crippen molar-refractivity contribution < 1.29 is 23.6 Å². The zero-order valence-electron chi connectivity index (χ0n) is 28.7. The smallest absolute Gasteiger partial charge is 0.237 e. The van der Waals surface area contributed by atoms with Crippen molar-refractivity contribution in [2.75, 3.05) is 45.8 Å². The van der Waals surface area contributed by atoms with Crippen molar-refractivity contribution >= 4 is 23.6 Å². The minimum absolute atomic E-state index is 0.00619. The molecule has 2 saturated heterocycles. The number of fused-ring (bicyclic) bond motifs is 6. The molecule has 8 aliphatic rings. The molecule has 4 amide bonds. The molecular weight excluding hydrogens is 613 g/mol. The molecule has 8 rings (SSSR count). The van der Waals surface area contributed by atoms with Crippen LogP contribution in [0.25, 0.3) is 0 Å². The van der Waals surface area contributed by atoms with Crippen molar-refractivity contribution in [1.29, 1.82) is 5.26 Å². The lowest BCUT2D eigenvalue weighted by atomic mass is 9.57. The lowest BCUT2D eigenvalue weighted by Crippen LogP contribution is -2.60. The van der Waals surface area contributed by atoms with E-state index >= 15 is 0 Å². The van der Waals surface area contributed by atoms with Crippen molar-refractivity contribution in [2.24, 2.45) is 10.8 Å². The van der Waals surface area contributed by atoms with Gasteiger partial charge in [0.15, 0.2) is 0 Å². The number of alkyl halides is 1. The predicted molar refractivity (Wildman–Crippen MR) is 178 cm³/mol. The summed E-state index contributed by atoms with van der Waals surface area (Å²) < 4.78 is 13.8. The maximum atomic E-state index is 13.8. The molecule has 6 saturated carbocycles. The quantitative estimate of drug-likeness (QED) is 0.208. The SMILES string of the molecule is N#CC1CC(F)CN1C(=O)CNC12CCC(C(=O)NCCCCCNC(=O)C34CCC(NCC(=O)N5CCCC5)(CC3)CC4)(CC1)CC2. The van der Waals surface area contributed by atoms with E-state index in [1.165, 1.54) is 4.90 Å². The summed E-state index contributed by atoms with van der Waals surface area (Å²) in [7, 11) is 0. The van der Waals surface area contributed by atoms with Crippen LogP contribution in [0.4, 0.5) is 4.39 Å². The zero-order chi connectivity index (χ0) is 33.8. The normalized spacial score (nSPS) is 35.4. The van der Waals surface area contributed by atoms with Gasteiger partial charge in [0.25, 0.3) is 0 Å². The van der Waals surface area contributed by atoms with Gasteiger partial charge in [-0.15, -0.1) is 0 Å². The van der Waals surface area contributed by atoms with Crippen molar-refractivity contribution in [1.82, 2.24) is 31.1 Å². The van der Waals surface area contributed by atoms with Gasteiger partial charge in [-0.3, -0.25) is 19.2 Å². The summed E-state index contributed by atoms with van der Waals surface area (Å²) in [5, 5.41) is 22.7. The molecule has 0 aromatic heterocycles. The Kier molecular flexibility index (Phi) is 10.7. The minimum atomic E-state index is -1.14. The molecule has 2 atom stereocenters. The highest BCUT2D eigenvalue weighted by molar-refractivity contribution is 5.84. The van der Waals surface area contributed by atoms with Crippen LogP contribution in [0, 0.1) is 22.2 Å². The number of hydrogen-bond donors (Lipinski definition) is 4. The van der Waals surface area contributed by atoms with Gasteiger partial charge in [0, 0.05) is 54.5 Å². The summed E-state index contributed by atoms with van der Waals surface area (Å²) >= 11 is 0. The van der Waals surface area contributed by atoms with E-state index in [4.69, 9.17) is 0 Å². The van der Waals surface area contributed by atoms with Gasteiger partial charge < -0.3 is 31.1 Å². The number of likely N-dealkylation sites (tertiary alicyclic amines) is 2. The third kappa shape index (κ3) is 7.37. The summed E-state index contributed by atoms with van der Waals surface area (Å²) in [6, 6.07) is 1.36. The lowest BCUT2D eigenvalue weighted by Gasteiger charge is -2.53. The first kappa shape index (κ1) is 35.1. The van der Waals surface area contributed by atoms with Crippen LogP contribution in [0.2, 0.25) is 0 Å². The number of halogens is 1. The highest BCUT2D eigenvalue weighted by Crippen LogP contribution is 2.53. The third-order valence-electron chi connectivity index (χ3n) is 13.3. The number of carbonyl (C=O) groups excluding carboxylic acids is 4. The highest BCUT2D eigenvalue weighted by atomic mass is 19.1. The highest BCUT2D eigenvalue weighted by Gasteiger charge is 2.53. The Bertz CT molecular complexity index is 1210. The molecule has 0 aromatic carbocycles. The van der Waals surface area contributed by atoms with Crippen molar-refractivity contribution in [2.45, 2.75) is 139 Å². The molecule has 2 aliphatic heterocycles. The number of nitrogens with zero attached hydrogens (tertiary/aromatic N) is 3. The van der Waals surface area contributed by atoms with Crippen LogP contribution in [0.5, 0.6) is 0 Å². The van der Waals surface area contributed by atoms with Crippen molar-refractivity contribution in [3.8, 4) is 6.07 Å². The first-order chi connectivity index (χ1) is 23.1. The maximum Gasteiger partial charge on any atom is 0.237 e. The van der Waals surface area contributed by atoms with Gasteiger partial charge in [0.05, 0.1) is 25.7 Å². The first-order valence-electron chi connectivity index (χ1n) is 18.8. The molecule has 2 heterocycles. The second-order valence-corrected chi connectivity index (χ2v) is 16.0. The fourth-order valence-corrected chi connectivity index (χ4v) is 9.68. The minimum Gasteiger partial charge on any atom is -0.356 e. The van der Waals surface area contributed by atoms with E-state index in [1.54, 1.807) is 0 Å². The molecule has 12 heteroatoms. The average molecular weight is 670 g/mol. The third-order valence-corrected chi connectivity index (χ3v) is 13.3. The van der Waals surface area contributed by atoms with E-state index in [9.17, 15) is 28.8 Å². The van der Waals surface area contributed by atoms with E-state index in [2.05, 4.69) is 21.3 Å². The van der Waals surface area contributed by atoms with E-state index in [0.717, 1.165) is 122 Å². The van der Waals surface area contributed by atoms with Gasteiger partial charge in [0.1, 0.15) is 12.2 Å². The maximum absolute atomic E-state index is 13.8. The first-order valence-corrected chi connectivity index (χ1v) is 18.8. The Hall–Kier alpha value is -2.78. The number of hydrogen-bond acceptors (Lipinski definition) is 7. The van der Waals surface area contributed by atoms with Crippen LogP contribution in [0.15, 0.2) is 0 Å². The molecule has 266 valence electrons. The van der Waals surface area contributed by atoms with E-state index in [0.29, 0.717) is 19.6 Å². The molecule has 48 heavy (non-hydrogen) atoms. The van der Waals surface area contributed by atoms with Crippen LogP contribution in [-0.2, 0) is 19.2 Å². The number of nitriles is 1. The van der Waals surface area contributed by atoms with Gasteiger partial charge in [-0.25, -0.2) is 4.39 Å². The van der Waals surface area contributed by atoms with Crippen LogP contribution in [0.1, 0.15) is 116 Å². The topological polar surface area (TPSA) is 147 Å². The Morgan fingerprint density at radius 1 is 0.688 bits per heavy atom. The second-order valence-electron chi connectivity index (χ2n) is 16.0. The summed E-state index contributed by atoms with van der Waals surface area (Å²) in [5.41, 5.74) is -0.747. The Morgan fingerprint density at radius 2 is 1.15 bits per heavy atom. The molecule has 4 bridgehead atoms. The number of nitrogens with one attached hydrogen (secondary N) is 4. The zero-order valence-corrected chi connectivity index (χ0v) is 28.7. The van der Waals surface area contributed by atoms with Crippen LogP contribution >= 0.6 is 0 Å². The Morgan fingerprint density at radius 3 is 1.60 bits per heavy atom. The van der Waals surface area contributed by atoms with E-state index in [-0.39, 0.29) is 65.0 Å². The van der Waals surface area contributed by atoms with Gasteiger partial charge in [0.2, 0.25) is 23.6 Å². The second kappa shape index (κ2) is 14.6. The van der Waals surface area contributed by atoms with Gasteiger partial charge in [-0.1, -0.05) is 0 Å². The fraction of sp³-hybridized carbons (Fsp3) is 0.861. The van der Waals surface area contributed by atoms with Gasteiger partial charge in [-0.05, 0) is 109 Å². The molecule has 8 fully saturated rings. The number of carbonyl (C=O) groups is 4. The summed E-state index contributed by atoms with van der Waals surface area (Å²) in [5.74, 6) is 0.324. The molecule has 0 spiro atoms. The molecule has 0 radical (unpaired) electrons. The monoisotopic (exact) mass is 669 g/mol. The molecule has 6 aliphatic carbocycles. The van der Waals surface area contributed by atoms with Crippen molar-refractivity contribution in [3.63, 3.8) is 0 Å². The van der Waals surface area contributed by atoms with Crippen LogP contribution < -0.4 is 21.3 Å². The largest absolute Gasteiger partial charge is 0.356 e. The average Bonchev–Trinajstić information content (AvgIpc) is 3.81. The molecule has 0 aromatic rings. The van der Waals surface area contributed by atoms with E-state index < -0.39 is 12.2 Å². The van der Waals surface area contributed by atoms with Crippen molar-refractivity contribution in [3.05, 3.63) is 0 Å². The summed E-state index contributed by atoms with van der Waals surface area (Å²) in [6.07, 6.45) is 14.3. The van der Waals surface area contributed by atoms with Gasteiger partial charge >= 0.3 is 0 Å².